The van der Waals surface area contributed by atoms with E-state index in [4.69, 9.17) is 9.26 Å². The third-order valence-corrected chi connectivity index (χ3v) is 3.56. The van der Waals surface area contributed by atoms with Crippen molar-refractivity contribution in [3.8, 4) is 17.1 Å². The average molecular weight is 294 g/mol. The standard InChI is InChI=1S/C18H18N2O2/c1-13-3-8-15(9-4-13)18-19-17(22-20-18)12-7-14-5-10-16(21-2)11-6-14/h3-6,8-11H,7,12H2,1-2H3. The quantitative estimate of drug-likeness (QED) is 0.717. The summed E-state index contributed by atoms with van der Waals surface area (Å²) in [5.74, 6) is 2.17. The molecule has 0 saturated heterocycles. The van der Waals surface area contributed by atoms with Gasteiger partial charge in [0.2, 0.25) is 11.7 Å². The van der Waals surface area contributed by atoms with Gasteiger partial charge in [0.1, 0.15) is 5.75 Å². The van der Waals surface area contributed by atoms with Crippen molar-refractivity contribution >= 4 is 0 Å². The van der Waals surface area contributed by atoms with Gasteiger partial charge in [-0.3, -0.25) is 0 Å². The van der Waals surface area contributed by atoms with E-state index in [2.05, 4.69) is 29.2 Å². The van der Waals surface area contributed by atoms with Crippen molar-refractivity contribution in [1.82, 2.24) is 10.1 Å². The molecule has 3 rings (SSSR count). The smallest absolute Gasteiger partial charge is 0.227 e. The Morgan fingerprint density at radius 1 is 0.955 bits per heavy atom. The molecule has 0 N–H and O–H groups in total. The predicted octanol–water partition coefficient (Wildman–Crippen LogP) is 3.84. The molecule has 0 spiro atoms. The van der Waals surface area contributed by atoms with Crippen LogP contribution in [-0.4, -0.2) is 17.3 Å². The number of aromatic nitrogens is 2. The first-order chi connectivity index (χ1) is 10.7. The number of methoxy groups -OCH3 is 1. The molecule has 4 heteroatoms. The van der Waals surface area contributed by atoms with Crippen molar-refractivity contribution in [2.24, 2.45) is 0 Å². The van der Waals surface area contributed by atoms with Crippen LogP contribution in [0.4, 0.5) is 0 Å². The van der Waals surface area contributed by atoms with Gasteiger partial charge in [-0.25, -0.2) is 0 Å². The molecule has 3 aromatic rings. The summed E-state index contributed by atoms with van der Waals surface area (Å²) in [6, 6.07) is 16.1. The Bertz CT molecular complexity index is 731. The van der Waals surface area contributed by atoms with Crippen LogP contribution < -0.4 is 4.74 Å². The Balaban J connectivity index is 1.65. The van der Waals surface area contributed by atoms with Gasteiger partial charge in [0.15, 0.2) is 0 Å². The van der Waals surface area contributed by atoms with E-state index in [9.17, 15) is 0 Å². The zero-order valence-electron chi connectivity index (χ0n) is 12.7. The number of hydrogen-bond donors (Lipinski definition) is 0. The number of ether oxygens (including phenoxy) is 1. The van der Waals surface area contributed by atoms with Crippen molar-refractivity contribution in [2.45, 2.75) is 19.8 Å². The molecule has 0 amide bonds. The van der Waals surface area contributed by atoms with Crippen LogP contribution in [0, 0.1) is 6.92 Å². The molecule has 1 aromatic heterocycles. The topological polar surface area (TPSA) is 48.2 Å². The van der Waals surface area contributed by atoms with E-state index < -0.39 is 0 Å². The van der Waals surface area contributed by atoms with Crippen molar-refractivity contribution in [1.29, 1.82) is 0 Å². The molecule has 22 heavy (non-hydrogen) atoms. The molecule has 0 fully saturated rings. The van der Waals surface area contributed by atoms with Crippen LogP contribution in [0.3, 0.4) is 0 Å². The van der Waals surface area contributed by atoms with Crippen LogP contribution >= 0.6 is 0 Å². The lowest BCUT2D eigenvalue weighted by molar-refractivity contribution is 0.379. The summed E-state index contributed by atoms with van der Waals surface area (Å²) in [6.07, 6.45) is 1.59. The van der Waals surface area contributed by atoms with E-state index in [1.165, 1.54) is 11.1 Å². The van der Waals surface area contributed by atoms with Crippen LogP contribution in [0.25, 0.3) is 11.4 Å². The van der Waals surface area contributed by atoms with Gasteiger partial charge in [0.25, 0.3) is 0 Å². The Labute approximate surface area is 129 Å². The third kappa shape index (κ3) is 3.34. The molecule has 112 valence electrons. The number of nitrogens with zero attached hydrogens (tertiary/aromatic N) is 2. The maximum absolute atomic E-state index is 5.33. The first-order valence-electron chi connectivity index (χ1n) is 7.27. The first kappa shape index (κ1) is 14.3. The molecule has 0 aliphatic carbocycles. The molecule has 0 aliphatic heterocycles. The highest BCUT2D eigenvalue weighted by Crippen LogP contribution is 2.17. The van der Waals surface area contributed by atoms with Crippen molar-refractivity contribution in [3.63, 3.8) is 0 Å². The van der Waals surface area contributed by atoms with Gasteiger partial charge in [-0.15, -0.1) is 0 Å². The summed E-state index contributed by atoms with van der Waals surface area (Å²) in [6.45, 7) is 2.06. The second-order valence-electron chi connectivity index (χ2n) is 5.23. The Morgan fingerprint density at radius 3 is 2.36 bits per heavy atom. The molecule has 0 radical (unpaired) electrons. The fourth-order valence-electron chi connectivity index (χ4n) is 2.22. The van der Waals surface area contributed by atoms with E-state index in [0.29, 0.717) is 11.7 Å². The van der Waals surface area contributed by atoms with Gasteiger partial charge in [0.05, 0.1) is 7.11 Å². The highest BCUT2D eigenvalue weighted by atomic mass is 16.5. The van der Waals surface area contributed by atoms with E-state index in [0.717, 1.165) is 24.2 Å². The molecule has 1 heterocycles. The van der Waals surface area contributed by atoms with Crippen molar-refractivity contribution in [2.75, 3.05) is 7.11 Å². The fraction of sp³-hybridized carbons (Fsp3) is 0.222. The third-order valence-electron chi connectivity index (χ3n) is 3.56. The van der Waals surface area contributed by atoms with Gasteiger partial charge >= 0.3 is 0 Å². The van der Waals surface area contributed by atoms with Crippen LogP contribution in [0.5, 0.6) is 5.75 Å². The second kappa shape index (κ2) is 6.43. The lowest BCUT2D eigenvalue weighted by Gasteiger charge is -2.01. The first-order valence-corrected chi connectivity index (χ1v) is 7.27. The van der Waals surface area contributed by atoms with E-state index >= 15 is 0 Å². The molecule has 0 saturated carbocycles. The molecular formula is C18H18N2O2. The lowest BCUT2D eigenvalue weighted by atomic mass is 10.1. The number of hydrogen-bond acceptors (Lipinski definition) is 4. The number of aryl methyl sites for hydroxylation is 3. The van der Waals surface area contributed by atoms with Crippen LogP contribution in [-0.2, 0) is 12.8 Å². The maximum atomic E-state index is 5.33. The van der Waals surface area contributed by atoms with E-state index in [1.807, 2.05) is 36.4 Å². The molecule has 2 aromatic carbocycles. The zero-order valence-corrected chi connectivity index (χ0v) is 12.7. The van der Waals surface area contributed by atoms with Crippen LogP contribution in [0.2, 0.25) is 0 Å². The molecule has 0 atom stereocenters. The summed E-state index contributed by atoms with van der Waals surface area (Å²) in [5, 5.41) is 4.05. The summed E-state index contributed by atoms with van der Waals surface area (Å²) in [7, 11) is 1.67. The van der Waals surface area contributed by atoms with Crippen LogP contribution in [0.1, 0.15) is 17.0 Å². The Kier molecular flexibility index (Phi) is 4.19. The van der Waals surface area contributed by atoms with Crippen molar-refractivity contribution < 1.29 is 9.26 Å². The second-order valence-corrected chi connectivity index (χ2v) is 5.23. The van der Waals surface area contributed by atoms with Crippen LogP contribution in [0.15, 0.2) is 53.1 Å². The molecule has 0 unspecified atom stereocenters. The maximum Gasteiger partial charge on any atom is 0.227 e. The van der Waals surface area contributed by atoms with Gasteiger partial charge in [-0.2, -0.15) is 4.98 Å². The van der Waals surface area contributed by atoms with Crippen molar-refractivity contribution in [3.05, 3.63) is 65.5 Å². The highest BCUT2D eigenvalue weighted by molar-refractivity contribution is 5.54. The Hall–Kier alpha value is -2.62. The number of benzene rings is 2. The van der Waals surface area contributed by atoms with Gasteiger partial charge in [0, 0.05) is 12.0 Å². The average Bonchev–Trinajstić information content (AvgIpc) is 3.03. The highest BCUT2D eigenvalue weighted by Gasteiger charge is 2.08. The summed E-state index contributed by atoms with van der Waals surface area (Å²) in [4.78, 5) is 4.46. The summed E-state index contributed by atoms with van der Waals surface area (Å²) in [5.41, 5.74) is 3.41. The zero-order chi connectivity index (χ0) is 15.4. The van der Waals surface area contributed by atoms with Gasteiger partial charge in [-0.1, -0.05) is 47.1 Å². The fourth-order valence-corrected chi connectivity index (χ4v) is 2.22. The normalized spacial score (nSPS) is 10.6. The molecule has 0 bridgehead atoms. The lowest BCUT2D eigenvalue weighted by Crippen LogP contribution is -1.92. The Morgan fingerprint density at radius 2 is 1.68 bits per heavy atom. The summed E-state index contributed by atoms with van der Waals surface area (Å²) < 4.78 is 10.5. The van der Waals surface area contributed by atoms with E-state index in [1.54, 1.807) is 7.11 Å². The molecule has 4 nitrogen and oxygen atoms in total. The predicted molar refractivity (Wildman–Crippen MR) is 84.9 cm³/mol. The minimum Gasteiger partial charge on any atom is -0.497 e. The molecule has 0 aliphatic rings. The largest absolute Gasteiger partial charge is 0.497 e. The minimum absolute atomic E-state index is 0.643. The monoisotopic (exact) mass is 294 g/mol. The number of rotatable bonds is 5. The van der Waals surface area contributed by atoms with Gasteiger partial charge < -0.3 is 9.26 Å². The van der Waals surface area contributed by atoms with E-state index in [-0.39, 0.29) is 0 Å². The van der Waals surface area contributed by atoms with Gasteiger partial charge in [-0.05, 0) is 31.0 Å². The minimum atomic E-state index is 0.643. The SMILES string of the molecule is COc1ccc(CCc2nc(-c3ccc(C)cc3)no2)cc1. The summed E-state index contributed by atoms with van der Waals surface area (Å²) >= 11 is 0. The molecular weight excluding hydrogens is 276 g/mol.